The number of halogens is 2. The van der Waals surface area contributed by atoms with Gasteiger partial charge in [-0.15, -0.1) is 0 Å². The lowest BCUT2D eigenvalue weighted by Gasteiger charge is -2.47. The number of nitrogens with zero attached hydrogens (tertiary/aromatic N) is 6. The van der Waals surface area contributed by atoms with Crippen LogP contribution in [-0.4, -0.2) is 86.4 Å². The minimum atomic E-state index is -0.555. The molecule has 0 spiro atoms. The molecule has 216 valence electrons. The minimum Gasteiger partial charge on any atom is -0.461 e. The van der Waals surface area contributed by atoms with Gasteiger partial charge in [-0.1, -0.05) is 11.6 Å². The van der Waals surface area contributed by atoms with Gasteiger partial charge in [0.05, 0.1) is 27.7 Å². The first-order valence-corrected chi connectivity index (χ1v) is 15.0. The quantitative estimate of drug-likeness (QED) is 0.280. The normalized spacial score (nSPS) is 19.7. The summed E-state index contributed by atoms with van der Waals surface area (Å²) in [5, 5.41) is 12.3. The molecule has 2 saturated heterocycles. The first-order chi connectivity index (χ1) is 19.8. The fourth-order valence-corrected chi connectivity index (χ4v) is 7.36. The van der Waals surface area contributed by atoms with Crippen LogP contribution in [-0.2, 0) is 0 Å². The third-order valence-corrected chi connectivity index (χ3v) is 10.4. The molecule has 2 aliphatic heterocycles. The summed E-state index contributed by atoms with van der Waals surface area (Å²) in [6, 6.07) is 2.08. The van der Waals surface area contributed by atoms with E-state index in [1.54, 1.807) is 12.4 Å². The van der Waals surface area contributed by atoms with Crippen LogP contribution >= 0.6 is 11.6 Å². The number of fused-ring (bicyclic) bond motifs is 3. The number of aromatic nitrogens is 5. The van der Waals surface area contributed by atoms with Gasteiger partial charge in [0.25, 0.3) is 0 Å². The van der Waals surface area contributed by atoms with Crippen LogP contribution in [0.3, 0.4) is 0 Å². The van der Waals surface area contributed by atoms with Crippen molar-refractivity contribution in [2.24, 2.45) is 0 Å². The van der Waals surface area contributed by atoms with Gasteiger partial charge in [-0.05, 0) is 90.7 Å². The summed E-state index contributed by atoms with van der Waals surface area (Å²) >= 11 is 6.75. The maximum atomic E-state index is 16.6. The molecule has 41 heavy (non-hydrogen) atoms. The minimum absolute atomic E-state index is 0.0246. The van der Waals surface area contributed by atoms with Crippen LogP contribution in [0.4, 0.5) is 10.2 Å². The van der Waals surface area contributed by atoms with Gasteiger partial charge in [0.2, 0.25) is 0 Å². The molecule has 3 aromatic heterocycles. The first kappa shape index (κ1) is 26.8. The highest BCUT2D eigenvalue weighted by Crippen LogP contribution is 2.42. The van der Waals surface area contributed by atoms with Crippen molar-refractivity contribution in [1.82, 2.24) is 34.9 Å². The number of hydrogen-bond acceptors (Lipinski definition) is 8. The fraction of sp³-hybridized carbons (Fsp3) is 0.533. The third kappa shape index (κ3) is 4.33. The van der Waals surface area contributed by atoms with Crippen molar-refractivity contribution in [3.63, 3.8) is 0 Å². The zero-order valence-corrected chi connectivity index (χ0v) is 24.6. The van der Waals surface area contributed by atoms with Crippen LogP contribution in [0.25, 0.3) is 33.1 Å². The summed E-state index contributed by atoms with van der Waals surface area (Å²) in [5.74, 6) is -0.0210. The Labute approximate surface area is 243 Å². The van der Waals surface area contributed by atoms with E-state index in [0.717, 1.165) is 49.9 Å². The number of nitrogens with one attached hydrogen (secondary N) is 2. The van der Waals surface area contributed by atoms with E-state index in [1.165, 1.54) is 19.3 Å². The van der Waals surface area contributed by atoms with Crippen molar-refractivity contribution in [3.05, 3.63) is 34.9 Å². The van der Waals surface area contributed by atoms with E-state index in [9.17, 15) is 0 Å². The van der Waals surface area contributed by atoms with Crippen LogP contribution in [0, 0.1) is 12.7 Å². The van der Waals surface area contributed by atoms with Crippen molar-refractivity contribution in [3.8, 4) is 17.3 Å². The average Bonchev–Trinajstić information content (AvgIpc) is 3.64. The Morgan fingerprint density at radius 1 is 1.10 bits per heavy atom. The Bertz CT molecular complexity index is 1620. The number of anilines is 1. The summed E-state index contributed by atoms with van der Waals surface area (Å²) in [6.07, 6.45) is 11.2. The summed E-state index contributed by atoms with van der Waals surface area (Å²) in [4.78, 5) is 18.8. The van der Waals surface area contributed by atoms with Gasteiger partial charge in [0.1, 0.15) is 23.6 Å². The molecule has 4 aromatic rings. The molecule has 3 fully saturated rings. The molecule has 0 bridgehead atoms. The maximum Gasteiger partial charge on any atom is 0.319 e. The Morgan fingerprint density at radius 3 is 2.59 bits per heavy atom. The third-order valence-electron chi connectivity index (χ3n) is 9.86. The molecule has 0 amide bonds. The second-order valence-electron chi connectivity index (χ2n) is 12.3. The number of aryl methyl sites for hydroxylation is 1. The molecular weight excluding hydrogens is 543 g/mol. The number of H-pyrrole nitrogens is 1. The highest BCUT2D eigenvalue weighted by atomic mass is 35.5. The highest BCUT2D eigenvalue weighted by molar-refractivity contribution is 6.35. The van der Waals surface area contributed by atoms with E-state index in [4.69, 9.17) is 21.3 Å². The first-order valence-electron chi connectivity index (χ1n) is 14.6. The Balaban J connectivity index is 1.32. The van der Waals surface area contributed by atoms with Crippen LogP contribution in [0.1, 0.15) is 50.5 Å². The maximum absolute atomic E-state index is 16.6. The molecule has 2 N–H and O–H groups in total. The molecule has 1 aliphatic carbocycles. The van der Waals surface area contributed by atoms with Gasteiger partial charge < -0.3 is 15.0 Å². The summed E-state index contributed by atoms with van der Waals surface area (Å²) in [6.45, 7) is 5.27. The zero-order chi connectivity index (χ0) is 28.4. The van der Waals surface area contributed by atoms with E-state index < -0.39 is 5.82 Å². The van der Waals surface area contributed by atoms with Gasteiger partial charge >= 0.3 is 6.01 Å². The van der Waals surface area contributed by atoms with Crippen LogP contribution in [0.5, 0.6) is 6.01 Å². The zero-order valence-electron chi connectivity index (χ0n) is 23.9. The monoisotopic (exact) mass is 578 g/mol. The predicted molar refractivity (Wildman–Crippen MR) is 159 cm³/mol. The second-order valence-corrected chi connectivity index (χ2v) is 12.7. The number of hydrogen-bond donors (Lipinski definition) is 2. The molecule has 1 aromatic carbocycles. The molecule has 3 aliphatic rings. The van der Waals surface area contributed by atoms with Crippen LogP contribution in [0.2, 0.25) is 5.02 Å². The predicted octanol–water partition coefficient (Wildman–Crippen LogP) is 5.57. The molecule has 11 heteroatoms. The van der Waals surface area contributed by atoms with Crippen LogP contribution < -0.4 is 10.1 Å². The summed E-state index contributed by atoms with van der Waals surface area (Å²) < 4.78 is 22.9. The lowest BCUT2D eigenvalue weighted by Crippen LogP contribution is -2.54. The highest BCUT2D eigenvalue weighted by Gasteiger charge is 2.45. The number of likely N-dealkylation sites (N-methyl/N-ethyl adjacent to an activating group) is 1. The van der Waals surface area contributed by atoms with E-state index in [2.05, 4.69) is 49.4 Å². The van der Waals surface area contributed by atoms with Gasteiger partial charge in [-0.3, -0.25) is 15.0 Å². The number of pyridine rings is 1. The van der Waals surface area contributed by atoms with Gasteiger partial charge in [-0.25, -0.2) is 4.39 Å². The number of aromatic amines is 1. The van der Waals surface area contributed by atoms with Gasteiger partial charge in [-0.2, -0.15) is 15.1 Å². The van der Waals surface area contributed by atoms with Crippen molar-refractivity contribution in [2.75, 3.05) is 45.7 Å². The largest absolute Gasteiger partial charge is 0.461 e. The van der Waals surface area contributed by atoms with Gasteiger partial charge in [0, 0.05) is 29.2 Å². The number of ether oxygens (including phenoxy) is 1. The molecule has 0 atom stereocenters. The molecule has 0 radical (unpaired) electrons. The Hall–Kier alpha value is -3.08. The Kier molecular flexibility index (Phi) is 6.55. The van der Waals surface area contributed by atoms with Crippen molar-refractivity contribution >= 4 is 39.2 Å². The van der Waals surface area contributed by atoms with E-state index in [1.807, 2.05) is 13.0 Å². The average molecular weight is 579 g/mol. The fourth-order valence-electron chi connectivity index (χ4n) is 7.12. The topological polar surface area (TPSA) is 95.1 Å². The SMILES string of the molecule is Cc1cc2[nH]ncc2c(-c2ncc3c(NCC4(N(C)C)CCC4)nc(OCC45CCCN4CCC5)nc3c2F)c1Cl. The van der Waals surface area contributed by atoms with Gasteiger partial charge in [0.15, 0.2) is 5.82 Å². The van der Waals surface area contributed by atoms with Crippen molar-refractivity contribution in [1.29, 1.82) is 0 Å². The Morgan fingerprint density at radius 2 is 1.88 bits per heavy atom. The summed E-state index contributed by atoms with van der Waals surface area (Å²) in [5.41, 5.74) is 2.43. The molecule has 9 nitrogen and oxygen atoms in total. The second kappa shape index (κ2) is 10.0. The van der Waals surface area contributed by atoms with Crippen LogP contribution in [0.15, 0.2) is 18.5 Å². The number of rotatable bonds is 8. The molecule has 7 rings (SSSR count). The molecule has 0 unspecified atom stereocenters. The standard InChI is InChI=1S/C30H36ClFN8O/c1-18-13-21-19(15-35-38-21)22(23(18)31)26-24(32)25-20(14-33-26)27(34-16-29(39(2)3)7-4-8-29)37-28(36-25)41-17-30-9-5-11-40(30)12-6-10-30/h13-15H,4-12,16-17H2,1-3H3,(H,35,38)(H,34,36,37). The van der Waals surface area contributed by atoms with Crippen molar-refractivity contribution < 1.29 is 9.13 Å². The van der Waals surface area contributed by atoms with Crippen molar-refractivity contribution in [2.45, 2.75) is 62.9 Å². The molecule has 1 saturated carbocycles. The van der Waals surface area contributed by atoms with E-state index in [-0.39, 0.29) is 28.3 Å². The lowest BCUT2D eigenvalue weighted by atomic mass is 9.75. The molecular formula is C30H36ClFN8O. The van der Waals surface area contributed by atoms with E-state index in [0.29, 0.717) is 40.3 Å². The lowest BCUT2D eigenvalue weighted by molar-refractivity contribution is 0.0738. The smallest absolute Gasteiger partial charge is 0.319 e. The van der Waals surface area contributed by atoms with E-state index >= 15 is 4.39 Å². The molecule has 5 heterocycles. The number of benzene rings is 1. The summed E-state index contributed by atoms with van der Waals surface area (Å²) in [7, 11) is 4.22.